The first-order chi connectivity index (χ1) is 10.2. The average molecular weight is 303 g/mol. The number of rotatable bonds is 6. The average Bonchev–Trinajstić information content (AvgIpc) is 2.53. The predicted molar refractivity (Wildman–Crippen MR) is 89.6 cm³/mol. The van der Waals surface area contributed by atoms with E-state index in [1.165, 1.54) is 23.1 Å². The molecule has 1 N–H and O–H groups in total. The highest BCUT2D eigenvalue weighted by Crippen LogP contribution is 2.34. The lowest BCUT2D eigenvalue weighted by Crippen LogP contribution is -1.94. The quantitative estimate of drug-likeness (QED) is 0.784. The number of aryl methyl sites for hydroxylation is 2. The summed E-state index contributed by atoms with van der Waals surface area (Å²) in [5.74, 6) is 1.65. The molecule has 0 aromatic heterocycles. The molecule has 0 saturated carbocycles. The van der Waals surface area contributed by atoms with Gasteiger partial charge in [-0.25, -0.2) is 0 Å². The second-order valence-corrected chi connectivity index (χ2v) is 5.57. The highest BCUT2D eigenvalue weighted by Gasteiger charge is 2.07. The smallest absolute Gasteiger partial charge is 0.134 e. The molecule has 2 aromatic carbocycles. The minimum atomic E-state index is 0.818. The Hall–Kier alpha value is -1.81. The van der Waals surface area contributed by atoms with Crippen LogP contribution < -0.4 is 14.2 Å². The Kier molecular flexibility index (Phi) is 5.39. The standard InChI is InChI=1S/C17H21NO2S/c1-5-13-6-8-15(12(2)10-13)18-21-17-11-14(19-3)7-9-16(17)20-4/h6-11,18H,5H2,1-4H3. The third-order valence-corrected chi connectivity index (χ3v) is 4.20. The van der Waals surface area contributed by atoms with Crippen molar-refractivity contribution in [1.29, 1.82) is 0 Å². The minimum absolute atomic E-state index is 0.818. The van der Waals surface area contributed by atoms with E-state index >= 15 is 0 Å². The van der Waals surface area contributed by atoms with Crippen LogP contribution in [0, 0.1) is 6.92 Å². The SMILES string of the molecule is CCc1ccc(NSc2cc(OC)ccc2OC)c(C)c1. The lowest BCUT2D eigenvalue weighted by Gasteiger charge is -2.13. The second-order valence-electron chi connectivity index (χ2n) is 4.72. The van der Waals surface area contributed by atoms with Crippen molar-refractivity contribution >= 4 is 17.6 Å². The summed E-state index contributed by atoms with van der Waals surface area (Å²) in [7, 11) is 3.34. The maximum atomic E-state index is 5.38. The highest BCUT2D eigenvalue weighted by molar-refractivity contribution is 8.00. The lowest BCUT2D eigenvalue weighted by atomic mass is 10.1. The van der Waals surface area contributed by atoms with Crippen LogP contribution in [0.5, 0.6) is 11.5 Å². The Morgan fingerprint density at radius 2 is 1.86 bits per heavy atom. The third kappa shape index (κ3) is 3.85. The van der Waals surface area contributed by atoms with Crippen LogP contribution in [0.3, 0.4) is 0 Å². The summed E-state index contributed by atoms with van der Waals surface area (Å²) in [4.78, 5) is 0.996. The van der Waals surface area contributed by atoms with Crippen LogP contribution >= 0.6 is 11.9 Å². The van der Waals surface area contributed by atoms with E-state index in [0.717, 1.165) is 28.5 Å². The Morgan fingerprint density at radius 1 is 1.05 bits per heavy atom. The number of ether oxygens (including phenoxy) is 2. The van der Waals surface area contributed by atoms with Gasteiger partial charge in [-0.2, -0.15) is 0 Å². The third-order valence-electron chi connectivity index (χ3n) is 3.34. The Balaban J connectivity index is 2.15. The fourth-order valence-electron chi connectivity index (χ4n) is 2.03. The van der Waals surface area contributed by atoms with Gasteiger partial charge in [0.15, 0.2) is 0 Å². The highest BCUT2D eigenvalue weighted by atomic mass is 32.2. The molecule has 0 radical (unpaired) electrons. The molecule has 2 rings (SSSR count). The first kappa shape index (κ1) is 15.6. The molecule has 0 atom stereocenters. The van der Waals surface area contributed by atoms with Crippen LogP contribution in [0.15, 0.2) is 41.3 Å². The molecule has 0 heterocycles. The van der Waals surface area contributed by atoms with Crippen LogP contribution in [-0.2, 0) is 6.42 Å². The number of benzene rings is 2. The van der Waals surface area contributed by atoms with Crippen LogP contribution in [0.2, 0.25) is 0 Å². The topological polar surface area (TPSA) is 30.5 Å². The number of anilines is 1. The molecule has 0 bridgehead atoms. The van der Waals surface area contributed by atoms with E-state index in [1.54, 1.807) is 14.2 Å². The van der Waals surface area contributed by atoms with Crippen LogP contribution in [0.25, 0.3) is 0 Å². The fraction of sp³-hybridized carbons (Fsp3) is 0.294. The largest absolute Gasteiger partial charge is 0.497 e. The van der Waals surface area contributed by atoms with E-state index in [0.29, 0.717) is 0 Å². The van der Waals surface area contributed by atoms with Crippen molar-refractivity contribution in [2.45, 2.75) is 25.2 Å². The minimum Gasteiger partial charge on any atom is -0.497 e. The van der Waals surface area contributed by atoms with E-state index in [2.05, 4.69) is 36.8 Å². The van der Waals surface area contributed by atoms with E-state index < -0.39 is 0 Å². The Bertz CT molecular complexity index is 614. The van der Waals surface area contributed by atoms with Crippen LogP contribution in [0.4, 0.5) is 5.69 Å². The molecular weight excluding hydrogens is 282 g/mol. The van der Waals surface area contributed by atoms with Crippen molar-refractivity contribution < 1.29 is 9.47 Å². The summed E-state index contributed by atoms with van der Waals surface area (Å²) in [6, 6.07) is 12.3. The Labute approximate surface area is 130 Å². The van der Waals surface area contributed by atoms with E-state index in [9.17, 15) is 0 Å². The van der Waals surface area contributed by atoms with Gasteiger partial charge >= 0.3 is 0 Å². The molecule has 0 aliphatic heterocycles. The van der Waals surface area contributed by atoms with Gasteiger partial charge < -0.3 is 14.2 Å². The number of hydrogen-bond donors (Lipinski definition) is 1. The van der Waals surface area contributed by atoms with Crippen molar-refractivity contribution in [3.05, 3.63) is 47.5 Å². The fourth-order valence-corrected chi connectivity index (χ4v) is 2.91. The predicted octanol–water partition coefficient (Wildman–Crippen LogP) is 4.69. The van der Waals surface area contributed by atoms with Crippen molar-refractivity contribution in [2.75, 3.05) is 18.9 Å². The summed E-state index contributed by atoms with van der Waals surface area (Å²) in [6.45, 7) is 4.28. The maximum absolute atomic E-state index is 5.38. The first-order valence-corrected chi connectivity index (χ1v) is 7.74. The van der Waals surface area contributed by atoms with Crippen molar-refractivity contribution in [3.63, 3.8) is 0 Å². The monoisotopic (exact) mass is 303 g/mol. The van der Waals surface area contributed by atoms with Gasteiger partial charge in [-0.15, -0.1) is 0 Å². The summed E-state index contributed by atoms with van der Waals surface area (Å²) in [5, 5.41) is 0. The number of nitrogens with one attached hydrogen (secondary N) is 1. The van der Waals surface area contributed by atoms with Crippen molar-refractivity contribution in [3.8, 4) is 11.5 Å². The molecule has 0 spiro atoms. The van der Waals surface area contributed by atoms with Gasteiger partial charge in [0.1, 0.15) is 11.5 Å². The zero-order valence-electron chi connectivity index (χ0n) is 12.9. The van der Waals surface area contributed by atoms with Crippen LogP contribution in [0.1, 0.15) is 18.1 Å². The van der Waals surface area contributed by atoms with Gasteiger partial charge in [0.05, 0.1) is 19.1 Å². The molecule has 0 unspecified atom stereocenters. The van der Waals surface area contributed by atoms with Crippen LogP contribution in [-0.4, -0.2) is 14.2 Å². The van der Waals surface area contributed by atoms with E-state index in [-0.39, 0.29) is 0 Å². The van der Waals surface area contributed by atoms with E-state index in [1.807, 2.05) is 18.2 Å². The van der Waals surface area contributed by atoms with Crippen molar-refractivity contribution in [2.24, 2.45) is 0 Å². The second kappa shape index (κ2) is 7.27. The van der Waals surface area contributed by atoms with Gasteiger partial charge in [-0.1, -0.05) is 19.1 Å². The van der Waals surface area contributed by atoms with Gasteiger partial charge in [-0.05, 0) is 60.7 Å². The van der Waals surface area contributed by atoms with Gasteiger partial charge in [0, 0.05) is 5.69 Å². The summed E-state index contributed by atoms with van der Waals surface area (Å²) >= 11 is 1.53. The summed E-state index contributed by atoms with van der Waals surface area (Å²) in [5.41, 5.74) is 3.70. The molecular formula is C17H21NO2S. The summed E-state index contributed by atoms with van der Waals surface area (Å²) < 4.78 is 14.0. The maximum Gasteiger partial charge on any atom is 0.134 e. The molecule has 0 amide bonds. The molecule has 112 valence electrons. The molecule has 4 heteroatoms. The first-order valence-electron chi connectivity index (χ1n) is 6.92. The normalized spacial score (nSPS) is 10.3. The molecule has 21 heavy (non-hydrogen) atoms. The zero-order valence-corrected chi connectivity index (χ0v) is 13.7. The number of methoxy groups -OCH3 is 2. The van der Waals surface area contributed by atoms with E-state index in [4.69, 9.17) is 9.47 Å². The molecule has 2 aromatic rings. The molecule has 0 aliphatic carbocycles. The van der Waals surface area contributed by atoms with Crippen molar-refractivity contribution in [1.82, 2.24) is 0 Å². The Morgan fingerprint density at radius 3 is 2.48 bits per heavy atom. The number of hydrogen-bond acceptors (Lipinski definition) is 4. The molecule has 0 saturated heterocycles. The molecule has 0 aliphatic rings. The zero-order chi connectivity index (χ0) is 15.2. The lowest BCUT2D eigenvalue weighted by molar-refractivity contribution is 0.394. The van der Waals surface area contributed by atoms with Gasteiger partial charge in [0.25, 0.3) is 0 Å². The molecule has 0 fully saturated rings. The van der Waals surface area contributed by atoms with Gasteiger partial charge in [-0.3, -0.25) is 0 Å². The molecule has 3 nitrogen and oxygen atoms in total. The van der Waals surface area contributed by atoms with Gasteiger partial charge in [0.2, 0.25) is 0 Å². The summed E-state index contributed by atoms with van der Waals surface area (Å²) in [6.07, 6.45) is 1.05.